The van der Waals surface area contributed by atoms with Crippen molar-refractivity contribution in [2.45, 2.75) is 27.2 Å². The molecule has 2 aliphatic rings. The van der Waals surface area contributed by atoms with Crippen LogP contribution in [0.5, 0.6) is 0 Å². The van der Waals surface area contributed by atoms with Crippen molar-refractivity contribution in [2.24, 2.45) is 5.73 Å². The van der Waals surface area contributed by atoms with Gasteiger partial charge in [0.2, 0.25) is 0 Å². The van der Waals surface area contributed by atoms with E-state index in [0.29, 0.717) is 0 Å². The van der Waals surface area contributed by atoms with Gasteiger partial charge in [0.05, 0.1) is 0 Å². The highest BCUT2D eigenvalue weighted by atomic mass is 14.6. The first-order valence-corrected chi connectivity index (χ1v) is 5.32. The van der Waals surface area contributed by atoms with Crippen molar-refractivity contribution in [1.29, 1.82) is 0 Å². The van der Waals surface area contributed by atoms with Crippen molar-refractivity contribution in [2.75, 3.05) is 0 Å². The monoisotopic (exact) mass is 199 g/mol. The molecule has 1 nitrogen and oxygen atoms in total. The van der Waals surface area contributed by atoms with Gasteiger partial charge < -0.3 is 5.73 Å². The van der Waals surface area contributed by atoms with Crippen LogP contribution in [0.4, 0.5) is 0 Å². The molecule has 2 N–H and O–H groups in total. The minimum atomic E-state index is 0.916. The normalized spacial score (nSPS) is 21.0. The van der Waals surface area contributed by atoms with E-state index in [9.17, 15) is 0 Å². The summed E-state index contributed by atoms with van der Waals surface area (Å²) in [6, 6.07) is 0. The average Bonchev–Trinajstić information content (AvgIpc) is 2.52. The summed E-state index contributed by atoms with van der Waals surface area (Å²) in [6.45, 7) is 6.37. The zero-order valence-electron chi connectivity index (χ0n) is 9.59. The van der Waals surface area contributed by atoms with Gasteiger partial charge >= 0.3 is 0 Å². The summed E-state index contributed by atoms with van der Waals surface area (Å²) >= 11 is 0. The number of hydrogen-bond acceptors (Lipinski definition) is 1. The van der Waals surface area contributed by atoms with E-state index in [1.54, 1.807) is 0 Å². The lowest BCUT2D eigenvalue weighted by molar-refractivity contribution is 1.13. The Bertz CT molecular complexity index is 434. The summed E-state index contributed by atoms with van der Waals surface area (Å²) < 4.78 is 0. The van der Waals surface area contributed by atoms with E-state index in [0.717, 1.165) is 12.1 Å². The van der Waals surface area contributed by atoms with Crippen molar-refractivity contribution in [3.8, 4) is 0 Å². The minimum absolute atomic E-state index is 0.916. The fourth-order valence-corrected chi connectivity index (χ4v) is 1.91. The van der Waals surface area contributed by atoms with Gasteiger partial charge in [0, 0.05) is 5.70 Å². The van der Waals surface area contributed by atoms with Crippen molar-refractivity contribution in [1.82, 2.24) is 0 Å². The van der Waals surface area contributed by atoms with E-state index in [1.165, 1.54) is 27.9 Å². The molecule has 0 aromatic heterocycles. The lowest BCUT2D eigenvalue weighted by atomic mass is 9.96. The standard InChI is InChI=1S/C14H17N/c1-9-6-13(7-10(9)2)12-4-5-14(15)11(3)8-12/h5-8H,4,15H2,1-3H3. The van der Waals surface area contributed by atoms with Crippen LogP contribution in [0.1, 0.15) is 27.2 Å². The van der Waals surface area contributed by atoms with E-state index in [2.05, 4.69) is 45.1 Å². The summed E-state index contributed by atoms with van der Waals surface area (Å²) in [4.78, 5) is 0. The van der Waals surface area contributed by atoms with E-state index in [-0.39, 0.29) is 0 Å². The summed E-state index contributed by atoms with van der Waals surface area (Å²) in [5.74, 6) is 0. The van der Waals surface area contributed by atoms with Crippen LogP contribution in [0.25, 0.3) is 0 Å². The molecule has 1 heteroatoms. The van der Waals surface area contributed by atoms with Crippen LogP contribution in [0, 0.1) is 0 Å². The lowest BCUT2D eigenvalue weighted by Gasteiger charge is -2.12. The number of nitrogens with two attached hydrogens (primary N) is 1. The Labute approximate surface area is 91.4 Å². The van der Waals surface area contributed by atoms with Gasteiger partial charge in [-0.25, -0.2) is 0 Å². The van der Waals surface area contributed by atoms with Crippen LogP contribution in [-0.4, -0.2) is 0 Å². The predicted octanol–water partition coefficient (Wildman–Crippen LogP) is 3.38. The molecule has 0 atom stereocenters. The maximum atomic E-state index is 5.83. The van der Waals surface area contributed by atoms with Crippen LogP contribution < -0.4 is 5.73 Å². The molecule has 0 unspecified atom stereocenters. The smallest absolute Gasteiger partial charge is 0.0306 e. The van der Waals surface area contributed by atoms with E-state index in [4.69, 9.17) is 5.73 Å². The average molecular weight is 199 g/mol. The second-order valence-corrected chi connectivity index (χ2v) is 4.33. The zero-order valence-corrected chi connectivity index (χ0v) is 9.59. The molecule has 78 valence electrons. The predicted molar refractivity (Wildman–Crippen MR) is 65.2 cm³/mol. The van der Waals surface area contributed by atoms with Gasteiger partial charge in [0.15, 0.2) is 0 Å². The van der Waals surface area contributed by atoms with Gasteiger partial charge in [-0.05, 0) is 55.1 Å². The van der Waals surface area contributed by atoms with Crippen molar-refractivity contribution >= 4 is 0 Å². The molecule has 0 amide bonds. The Balaban J connectivity index is 2.40. The Hall–Kier alpha value is -1.50. The molecule has 0 aromatic rings. The van der Waals surface area contributed by atoms with Crippen LogP contribution in [0.3, 0.4) is 0 Å². The number of rotatable bonds is 0. The molecule has 15 heavy (non-hydrogen) atoms. The van der Waals surface area contributed by atoms with Gasteiger partial charge in [0.1, 0.15) is 0 Å². The van der Waals surface area contributed by atoms with E-state index >= 15 is 0 Å². The van der Waals surface area contributed by atoms with Crippen molar-refractivity contribution in [3.05, 3.63) is 57.9 Å². The van der Waals surface area contributed by atoms with Gasteiger partial charge in [-0.15, -0.1) is 0 Å². The van der Waals surface area contributed by atoms with Crippen LogP contribution in [0.2, 0.25) is 0 Å². The molecule has 0 radical (unpaired) electrons. The lowest BCUT2D eigenvalue weighted by Crippen LogP contribution is -2.03. The summed E-state index contributed by atoms with van der Waals surface area (Å²) in [5, 5.41) is 0. The Morgan fingerprint density at radius 2 is 1.53 bits per heavy atom. The third kappa shape index (κ3) is 1.82. The van der Waals surface area contributed by atoms with Crippen molar-refractivity contribution in [3.63, 3.8) is 0 Å². The highest BCUT2D eigenvalue weighted by molar-refractivity contribution is 5.56. The molecule has 0 saturated carbocycles. The van der Waals surface area contributed by atoms with Gasteiger partial charge in [-0.1, -0.05) is 24.3 Å². The Morgan fingerprint density at radius 1 is 0.933 bits per heavy atom. The third-order valence-corrected chi connectivity index (χ3v) is 3.12. The third-order valence-electron chi connectivity index (χ3n) is 3.12. The van der Waals surface area contributed by atoms with Gasteiger partial charge in [0.25, 0.3) is 0 Å². The first-order chi connectivity index (χ1) is 7.08. The SMILES string of the molecule is CC1=CC(=C2C=C(C)C(N)=CC2)C=C1C. The van der Waals surface area contributed by atoms with Crippen LogP contribution in [-0.2, 0) is 0 Å². The fourth-order valence-electron chi connectivity index (χ4n) is 1.91. The highest BCUT2D eigenvalue weighted by Gasteiger charge is 2.11. The van der Waals surface area contributed by atoms with E-state index in [1.807, 2.05) is 0 Å². The Morgan fingerprint density at radius 3 is 2.07 bits per heavy atom. The Kier molecular flexibility index (Phi) is 2.39. The molecule has 2 aliphatic carbocycles. The minimum Gasteiger partial charge on any atom is -0.399 e. The molecular formula is C14H17N. The molecule has 0 spiro atoms. The molecule has 0 heterocycles. The van der Waals surface area contributed by atoms with Gasteiger partial charge in [-0.3, -0.25) is 0 Å². The molecule has 0 saturated heterocycles. The summed E-state index contributed by atoms with van der Waals surface area (Å²) in [5.41, 5.74) is 13.4. The second kappa shape index (κ2) is 3.58. The molecule has 0 bridgehead atoms. The van der Waals surface area contributed by atoms with Crippen LogP contribution in [0.15, 0.2) is 57.9 Å². The van der Waals surface area contributed by atoms with Crippen molar-refractivity contribution < 1.29 is 0 Å². The maximum Gasteiger partial charge on any atom is 0.0306 e. The quantitative estimate of drug-likeness (QED) is 0.636. The maximum absolute atomic E-state index is 5.83. The summed E-state index contributed by atoms with van der Waals surface area (Å²) in [7, 11) is 0. The molecule has 0 aliphatic heterocycles. The summed E-state index contributed by atoms with van der Waals surface area (Å²) in [6.07, 6.45) is 9.76. The molecule has 0 fully saturated rings. The fraction of sp³-hybridized carbons (Fsp3) is 0.286. The number of hydrogen-bond donors (Lipinski definition) is 1. The zero-order chi connectivity index (χ0) is 11.0. The van der Waals surface area contributed by atoms with Crippen LogP contribution >= 0.6 is 0 Å². The highest BCUT2D eigenvalue weighted by Crippen LogP contribution is 2.29. The number of allylic oxidation sites excluding steroid dienone is 9. The topological polar surface area (TPSA) is 26.0 Å². The van der Waals surface area contributed by atoms with Gasteiger partial charge in [-0.2, -0.15) is 0 Å². The largest absolute Gasteiger partial charge is 0.399 e. The first kappa shape index (κ1) is 10.0. The molecule has 0 aromatic carbocycles. The second-order valence-electron chi connectivity index (χ2n) is 4.33. The van der Waals surface area contributed by atoms with E-state index < -0.39 is 0 Å². The molecular weight excluding hydrogens is 182 g/mol. The first-order valence-electron chi connectivity index (χ1n) is 5.32. The molecule has 2 rings (SSSR count).